The van der Waals surface area contributed by atoms with Gasteiger partial charge in [0.25, 0.3) is 0 Å². The SMILES string of the molecule is CCN1C(=O)C[C@H](C(=O)Nc2ccc(C(=O)[O-])cc2)SC1=Nc1ccc(Cl)cc1. The minimum absolute atomic E-state index is 0.0150. The van der Waals surface area contributed by atoms with Crippen molar-refractivity contribution >= 4 is 57.7 Å². The molecule has 1 aliphatic rings. The fourth-order valence-corrected chi connectivity index (χ4v) is 3.98. The lowest BCUT2D eigenvalue weighted by Gasteiger charge is -2.30. The molecular weight excluding hydrogens is 414 g/mol. The second-order valence-corrected chi connectivity index (χ2v) is 7.78. The van der Waals surface area contributed by atoms with Gasteiger partial charge in [0.15, 0.2) is 5.17 Å². The van der Waals surface area contributed by atoms with Gasteiger partial charge in [0.1, 0.15) is 5.25 Å². The maximum Gasteiger partial charge on any atom is 0.238 e. The van der Waals surface area contributed by atoms with Gasteiger partial charge >= 0.3 is 0 Å². The zero-order valence-electron chi connectivity index (χ0n) is 15.4. The van der Waals surface area contributed by atoms with E-state index >= 15 is 0 Å². The normalized spacial score (nSPS) is 18.0. The van der Waals surface area contributed by atoms with Crippen LogP contribution in [0.3, 0.4) is 0 Å². The molecule has 2 aromatic rings. The lowest BCUT2D eigenvalue weighted by molar-refractivity contribution is -0.255. The van der Waals surface area contributed by atoms with Gasteiger partial charge in [0, 0.05) is 23.7 Å². The van der Waals surface area contributed by atoms with E-state index in [-0.39, 0.29) is 23.8 Å². The van der Waals surface area contributed by atoms with E-state index < -0.39 is 11.2 Å². The molecule has 3 rings (SSSR count). The van der Waals surface area contributed by atoms with Crippen molar-refractivity contribution in [2.45, 2.75) is 18.6 Å². The Morgan fingerprint density at radius 3 is 2.45 bits per heavy atom. The highest BCUT2D eigenvalue weighted by molar-refractivity contribution is 8.15. The van der Waals surface area contributed by atoms with Crippen LogP contribution in [0.15, 0.2) is 53.5 Å². The molecule has 1 saturated heterocycles. The summed E-state index contributed by atoms with van der Waals surface area (Å²) in [6.07, 6.45) is 0.0428. The van der Waals surface area contributed by atoms with E-state index in [1.54, 1.807) is 24.3 Å². The lowest BCUT2D eigenvalue weighted by atomic mass is 10.2. The van der Waals surface area contributed by atoms with Crippen LogP contribution in [0, 0.1) is 0 Å². The summed E-state index contributed by atoms with van der Waals surface area (Å²) >= 11 is 7.10. The second-order valence-electron chi connectivity index (χ2n) is 6.17. The predicted molar refractivity (Wildman–Crippen MR) is 111 cm³/mol. The third kappa shape index (κ3) is 5.16. The number of carbonyl (C=O) groups is 3. The summed E-state index contributed by atoms with van der Waals surface area (Å²) < 4.78 is 0. The summed E-state index contributed by atoms with van der Waals surface area (Å²) in [6.45, 7) is 2.28. The monoisotopic (exact) mass is 430 g/mol. The zero-order valence-corrected chi connectivity index (χ0v) is 17.0. The number of rotatable bonds is 5. The van der Waals surface area contributed by atoms with Crippen LogP contribution in [-0.2, 0) is 9.59 Å². The summed E-state index contributed by atoms with van der Waals surface area (Å²) in [5, 5.41) is 13.9. The largest absolute Gasteiger partial charge is 0.545 e. The van der Waals surface area contributed by atoms with Crippen LogP contribution in [0.2, 0.25) is 5.02 Å². The van der Waals surface area contributed by atoms with E-state index in [0.29, 0.717) is 28.1 Å². The molecule has 0 aromatic heterocycles. The second kappa shape index (κ2) is 9.11. The minimum Gasteiger partial charge on any atom is -0.545 e. The number of nitrogens with one attached hydrogen (secondary N) is 1. The van der Waals surface area contributed by atoms with Crippen LogP contribution < -0.4 is 10.4 Å². The number of benzene rings is 2. The number of carboxylic acid groups (broad SMARTS) is 1. The standard InChI is InChI=1S/C20H18ClN3O4S/c1-2-24-17(25)11-16(29-20(24)23-15-9-5-13(21)6-10-15)18(26)22-14-7-3-12(4-8-14)19(27)28/h3-10,16H,2,11H2,1H3,(H,22,26)(H,27,28)/p-1/t16-/m1/s1. The number of nitrogens with zero attached hydrogens (tertiary/aromatic N) is 2. The third-order valence-corrected chi connectivity index (χ3v) is 5.63. The predicted octanol–water partition coefficient (Wildman–Crippen LogP) is 2.68. The van der Waals surface area contributed by atoms with Gasteiger partial charge in [-0.15, -0.1) is 0 Å². The van der Waals surface area contributed by atoms with Crippen LogP contribution >= 0.6 is 23.4 Å². The Bertz CT molecular complexity index is 961. The molecule has 1 atom stereocenters. The van der Waals surface area contributed by atoms with Crippen LogP contribution in [-0.4, -0.2) is 39.6 Å². The first kappa shape index (κ1) is 20.9. The van der Waals surface area contributed by atoms with Crippen molar-refractivity contribution in [3.63, 3.8) is 0 Å². The van der Waals surface area contributed by atoms with Crippen LogP contribution in [0.1, 0.15) is 23.7 Å². The van der Waals surface area contributed by atoms with Crippen LogP contribution in [0.4, 0.5) is 11.4 Å². The summed E-state index contributed by atoms with van der Waals surface area (Å²) in [6, 6.07) is 12.5. The molecule has 150 valence electrons. The number of anilines is 1. The molecule has 7 nitrogen and oxygen atoms in total. The molecule has 2 amide bonds. The van der Waals surface area contributed by atoms with Crippen molar-refractivity contribution in [1.29, 1.82) is 0 Å². The number of halogens is 1. The molecule has 1 aliphatic heterocycles. The number of carbonyl (C=O) groups excluding carboxylic acids is 3. The van der Waals surface area contributed by atoms with Crippen molar-refractivity contribution in [2.75, 3.05) is 11.9 Å². The number of thioether (sulfide) groups is 1. The molecule has 1 fully saturated rings. The molecule has 0 radical (unpaired) electrons. The van der Waals surface area contributed by atoms with Crippen LogP contribution in [0.25, 0.3) is 0 Å². The topological polar surface area (TPSA) is 102 Å². The maximum atomic E-state index is 12.7. The molecule has 29 heavy (non-hydrogen) atoms. The Morgan fingerprint density at radius 1 is 1.21 bits per heavy atom. The van der Waals surface area contributed by atoms with Crippen molar-refractivity contribution in [1.82, 2.24) is 4.90 Å². The maximum absolute atomic E-state index is 12.7. The minimum atomic E-state index is -1.29. The molecule has 0 unspecified atom stereocenters. The highest BCUT2D eigenvalue weighted by Crippen LogP contribution is 2.30. The molecule has 0 spiro atoms. The van der Waals surface area contributed by atoms with Crippen LogP contribution in [0.5, 0.6) is 0 Å². The quantitative estimate of drug-likeness (QED) is 0.785. The summed E-state index contributed by atoms with van der Waals surface area (Å²) in [5.74, 6) is -1.84. The molecule has 2 aromatic carbocycles. The molecule has 0 saturated carbocycles. The molecule has 9 heteroatoms. The molecule has 1 N–H and O–H groups in total. The first-order valence-corrected chi connectivity index (χ1v) is 10.1. The van der Waals surface area contributed by atoms with E-state index in [0.717, 1.165) is 0 Å². The van der Waals surface area contributed by atoms with Gasteiger partial charge in [-0.3, -0.25) is 14.5 Å². The fourth-order valence-electron chi connectivity index (χ4n) is 2.69. The Labute approximate surface area is 176 Å². The lowest BCUT2D eigenvalue weighted by Crippen LogP contribution is -2.45. The van der Waals surface area contributed by atoms with Crippen molar-refractivity contribution < 1.29 is 19.5 Å². The van der Waals surface area contributed by atoms with Crippen molar-refractivity contribution in [3.8, 4) is 0 Å². The Morgan fingerprint density at radius 2 is 1.86 bits per heavy atom. The third-order valence-electron chi connectivity index (χ3n) is 4.19. The van der Waals surface area contributed by atoms with Gasteiger partial charge in [-0.05, 0) is 48.9 Å². The zero-order chi connectivity index (χ0) is 21.0. The highest BCUT2D eigenvalue weighted by atomic mass is 35.5. The van der Waals surface area contributed by atoms with Gasteiger partial charge in [0.05, 0.1) is 11.7 Å². The number of aliphatic imine (C=N–C) groups is 1. The van der Waals surface area contributed by atoms with E-state index in [9.17, 15) is 19.5 Å². The van der Waals surface area contributed by atoms with E-state index in [1.165, 1.54) is 40.9 Å². The number of amides is 2. The highest BCUT2D eigenvalue weighted by Gasteiger charge is 2.35. The summed E-state index contributed by atoms with van der Waals surface area (Å²) in [4.78, 5) is 42.1. The first-order chi connectivity index (χ1) is 13.9. The molecule has 1 heterocycles. The number of hydrogen-bond donors (Lipinski definition) is 1. The summed E-state index contributed by atoms with van der Waals surface area (Å²) in [7, 11) is 0. The Hall–Kier alpha value is -2.84. The number of hydrogen-bond acceptors (Lipinski definition) is 6. The van der Waals surface area contributed by atoms with Crippen molar-refractivity contribution in [3.05, 3.63) is 59.1 Å². The molecule has 0 aliphatic carbocycles. The first-order valence-electron chi connectivity index (χ1n) is 8.81. The molecular formula is C20H17ClN3O4S-. The average Bonchev–Trinajstić information content (AvgIpc) is 2.70. The number of carboxylic acids is 1. The van der Waals surface area contributed by atoms with Gasteiger partial charge in [-0.25, -0.2) is 4.99 Å². The van der Waals surface area contributed by atoms with E-state index in [2.05, 4.69) is 10.3 Å². The van der Waals surface area contributed by atoms with Gasteiger partial charge in [-0.1, -0.05) is 35.5 Å². The van der Waals surface area contributed by atoms with Gasteiger partial charge in [0.2, 0.25) is 11.8 Å². The Kier molecular flexibility index (Phi) is 6.56. The fraction of sp³-hybridized carbons (Fsp3) is 0.200. The smallest absolute Gasteiger partial charge is 0.238 e. The van der Waals surface area contributed by atoms with Gasteiger partial charge in [-0.2, -0.15) is 0 Å². The molecule has 0 bridgehead atoms. The van der Waals surface area contributed by atoms with E-state index in [1.807, 2.05) is 6.92 Å². The van der Waals surface area contributed by atoms with Gasteiger partial charge < -0.3 is 15.2 Å². The van der Waals surface area contributed by atoms with Crippen molar-refractivity contribution in [2.24, 2.45) is 4.99 Å². The number of amidine groups is 1. The average molecular weight is 431 g/mol. The number of aromatic carboxylic acids is 1. The summed E-state index contributed by atoms with van der Waals surface area (Å²) in [5.41, 5.74) is 1.07. The Balaban J connectivity index is 1.77. The van der Waals surface area contributed by atoms with E-state index in [4.69, 9.17) is 11.6 Å².